The van der Waals surface area contributed by atoms with Crippen molar-refractivity contribution in [3.63, 3.8) is 0 Å². The third-order valence-corrected chi connectivity index (χ3v) is 5.61. The van der Waals surface area contributed by atoms with Gasteiger partial charge in [-0.2, -0.15) is 0 Å². The molecule has 1 N–H and O–H groups in total. The topological polar surface area (TPSA) is 85.2 Å². The second-order valence-electron chi connectivity index (χ2n) is 7.76. The molecule has 1 atom stereocenters. The number of benzene rings is 1. The van der Waals surface area contributed by atoms with Gasteiger partial charge >= 0.3 is 0 Å². The van der Waals surface area contributed by atoms with Crippen molar-refractivity contribution in [3.8, 4) is 5.75 Å². The molecule has 166 valence electrons. The lowest BCUT2D eigenvalue weighted by Crippen LogP contribution is -2.30. The second kappa shape index (κ2) is 10.2. The maximum absolute atomic E-state index is 12.5. The average Bonchev–Trinajstić information content (AvgIpc) is 3.13. The third-order valence-electron chi connectivity index (χ3n) is 5.61. The second-order valence-corrected chi connectivity index (χ2v) is 7.76. The highest BCUT2D eigenvalue weighted by Gasteiger charge is 2.22. The van der Waals surface area contributed by atoms with Crippen LogP contribution in [0.5, 0.6) is 5.75 Å². The number of carbonyl (C=O) groups is 1. The van der Waals surface area contributed by atoms with Crippen LogP contribution in [0.25, 0.3) is 6.08 Å². The Morgan fingerprint density at radius 3 is 2.88 bits per heavy atom. The summed E-state index contributed by atoms with van der Waals surface area (Å²) in [4.78, 5) is 18.9. The number of pyridine rings is 1. The van der Waals surface area contributed by atoms with Crippen molar-refractivity contribution in [1.29, 1.82) is 0 Å². The zero-order chi connectivity index (χ0) is 22.3. The Labute approximate surface area is 187 Å². The molecule has 0 saturated heterocycles. The summed E-state index contributed by atoms with van der Waals surface area (Å²) in [6.07, 6.45) is 8.30. The first kappa shape index (κ1) is 21.7. The van der Waals surface area contributed by atoms with Crippen LogP contribution in [0.4, 0.5) is 0 Å². The van der Waals surface area contributed by atoms with Crippen molar-refractivity contribution in [2.75, 3.05) is 26.7 Å². The molecule has 4 rings (SSSR count). The highest BCUT2D eigenvalue weighted by Crippen LogP contribution is 2.19. The molecular formula is C24H28N6O2. The molecule has 1 aliphatic heterocycles. The third kappa shape index (κ3) is 5.03. The number of rotatable bonds is 7. The van der Waals surface area contributed by atoms with Crippen LogP contribution in [-0.2, 0) is 13.0 Å². The number of carbonyl (C=O) groups excluding carboxylic acids is 1. The summed E-state index contributed by atoms with van der Waals surface area (Å²) in [6.45, 7) is 5.36. The zero-order valence-corrected chi connectivity index (χ0v) is 18.4. The summed E-state index contributed by atoms with van der Waals surface area (Å²) in [7, 11) is 1.69. The van der Waals surface area contributed by atoms with E-state index in [1.165, 1.54) is 0 Å². The van der Waals surface area contributed by atoms with Crippen LogP contribution in [-0.4, -0.2) is 57.3 Å². The number of ether oxygens (including phenoxy) is 1. The molecule has 3 aromatic rings. The molecule has 1 unspecified atom stereocenters. The van der Waals surface area contributed by atoms with Gasteiger partial charge in [0.05, 0.1) is 18.7 Å². The van der Waals surface area contributed by atoms with E-state index in [-0.39, 0.29) is 11.9 Å². The summed E-state index contributed by atoms with van der Waals surface area (Å²) in [6, 6.07) is 11.2. The molecule has 0 aliphatic carbocycles. The Hall–Kier alpha value is -3.52. The van der Waals surface area contributed by atoms with E-state index in [1.807, 2.05) is 31.2 Å². The van der Waals surface area contributed by atoms with Crippen molar-refractivity contribution in [1.82, 2.24) is 30.0 Å². The first-order valence-corrected chi connectivity index (χ1v) is 10.8. The summed E-state index contributed by atoms with van der Waals surface area (Å²) >= 11 is 0. The van der Waals surface area contributed by atoms with E-state index in [0.29, 0.717) is 5.56 Å². The molecule has 1 amide bonds. The molecule has 1 aliphatic rings. The van der Waals surface area contributed by atoms with Gasteiger partial charge < -0.3 is 14.6 Å². The molecular weight excluding hydrogens is 404 g/mol. The molecule has 0 spiro atoms. The fraction of sp³-hybridized carbons (Fsp3) is 0.333. The van der Waals surface area contributed by atoms with Crippen molar-refractivity contribution >= 4 is 12.0 Å². The fourth-order valence-electron chi connectivity index (χ4n) is 3.87. The first-order valence-electron chi connectivity index (χ1n) is 10.8. The van der Waals surface area contributed by atoms with Gasteiger partial charge in [-0.15, -0.1) is 10.2 Å². The van der Waals surface area contributed by atoms with Crippen LogP contribution in [0.15, 0.2) is 54.9 Å². The molecule has 8 nitrogen and oxygen atoms in total. The molecule has 0 bridgehead atoms. The van der Waals surface area contributed by atoms with Crippen LogP contribution in [0.1, 0.15) is 40.5 Å². The Balaban J connectivity index is 1.37. The number of hydrogen-bond donors (Lipinski definition) is 1. The van der Waals surface area contributed by atoms with Crippen LogP contribution < -0.4 is 10.1 Å². The Kier molecular flexibility index (Phi) is 6.91. The van der Waals surface area contributed by atoms with Gasteiger partial charge in [-0.3, -0.25) is 14.7 Å². The summed E-state index contributed by atoms with van der Waals surface area (Å²) in [5.41, 5.74) is 1.60. The monoisotopic (exact) mass is 432 g/mol. The lowest BCUT2D eigenvalue weighted by Gasteiger charge is -2.18. The van der Waals surface area contributed by atoms with Gasteiger partial charge in [0.2, 0.25) is 0 Å². The highest BCUT2D eigenvalue weighted by molar-refractivity contribution is 5.94. The van der Waals surface area contributed by atoms with Gasteiger partial charge in [-0.1, -0.05) is 30.4 Å². The van der Waals surface area contributed by atoms with E-state index in [9.17, 15) is 4.79 Å². The molecule has 0 saturated carbocycles. The van der Waals surface area contributed by atoms with Crippen LogP contribution >= 0.6 is 0 Å². The lowest BCUT2D eigenvalue weighted by molar-refractivity contribution is 0.0937. The van der Waals surface area contributed by atoms with Crippen LogP contribution in [0, 0.1) is 0 Å². The molecule has 3 heterocycles. The standard InChI is InChI=1S/C24H28N6O2/c1-18(26-24(31)20-8-5-12-25-17-20)23-28-27-22-11-14-29(15-16-30(22)23)13-6-9-19-7-3-4-10-21(19)32-2/h3-10,12,17-18H,11,13-16H2,1-2H3,(H,26,31)/b9-6+. The largest absolute Gasteiger partial charge is 0.496 e. The van der Waals surface area contributed by atoms with E-state index >= 15 is 0 Å². The van der Waals surface area contributed by atoms with Crippen LogP contribution in [0.2, 0.25) is 0 Å². The minimum absolute atomic E-state index is 0.167. The summed E-state index contributed by atoms with van der Waals surface area (Å²) in [5.74, 6) is 2.44. The number of aromatic nitrogens is 4. The molecule has 8 heteroatoms. The minimum atomic E-state index is -0.249. The zero-order valence-electron chi connectivity index (χ0n) is 18.4. The smallest absolute Gasteiger partial charge is 0.253 e. The number of nitrogens with one attached hydrogen (secondary N) is 1. The molecule has 0 fully saturated rings. The van der Waals surface area contributed by atoms with Crippen molar-refractivity contribution in [2.24, 2.45) is 0 Å². The van der Waals surface area contributed by atoms with Gasteiger partial charge in [-0.05, 0) is 25.1 Å². The van der Waals surface area contributed by atoms with E-state index in [4.69, 9.17) is 4.74 Å². The van der Waals surface area contributed by atoms with Gasteiger partial charge in [0.15, 0.2) is 5.82 Å². The lowest BCUT2D eigenvalue weighted by atomic mass is 10.2. The van der Waals surface area contributed by atoms with Crippen molar-refractivity contribution in [3.05, 3.63) is 77.6 Å². The van der Waals surface area contributed by atoms with E-state index in [1.54, 1.807) is 31.6 Å². The number of methoxy groups -OCH3 is 1. The fourth-order valence-corrected chi connectivity index (χ4v) is 3.87. The Bertz CT molecular complexity index is 1080. The number of para-hydroxylation sites is 1. The minimum Gasteiger partial charge on any atom is -0.496 e. The quantitative estimate of drug-likeness (QED) is 0.618. The van der Waals surface area contributed by atoms with Gasteiger partial charge in [0, 0.05) is 50.6 Å². The molecule has 2 aromatic heterocycles. The SMILES string of the molecule is COc1ccccc1/C=C/CN1CCc2nnc(C(C)NC(=O)c3cccnc3)n2CC1. The highest BCUT2D eigenvalue weighted by atomic mass is 16.5. The maximum atomic E-state index is 12.5. The number of amides is 1. The van der Waals surface area contributed by atoms with Crippen LogP contribution in [0.3, 0.4) is 0 Å². The molecule has 32 heavy (non-hydrogen) atoms. The van der Waals surface area contributed by atoms with Gasteiger partial charge in [0.1, 0.15) is 11.6 Å². The van der Waals surface area contributed by atoms with E-state index < -0.39 is 0 Å². The number of nitrogens with zero attached hydrogens (tertiary/aromatic N) is 5. The normalized spacial score (nSPS) is 15.2. The summed E-state index contributed by atoms with van der Waals surface area (Å²) < 4.78 is 7.55. The maximum Gasteiger partial charge on any atom is 0.253 e. The number of fused-ring (bicyclic) bond motifs is 1. The average molecular weight is 433 g/mol. The first-order chi connectivity index (χ1) is 15.7. The van der Waals surface area contributed by atoms with Crippen molar-refractivity contribution < 1.29 is 9.53 Å². The Morgan fingerprint density at radius 1 is 1.19 bits per heavy atom. The molecule has 0 radical (unpaired) electrons. The molecule has 1 aromatic carbocycles. The van der Waals surface area contributed by atoms with Crippen molar-refractivity contribution in [2.45, 2.75) is 25.9 Å². The summed E-state index contributed by atoms with van der Waals surface area (Å²) in [5, 5.41) is 11.8. The van der Waals surface area contributed by atoms with E-state index in [0.717, 1.165) is 55.6 Å². The number of hydrogen-bond acceptors (Lipinski definition) is 6. The van der Waals surface area contributed by atoms with E-state index in [2.05, 4.69) is 42.1 Å². The Morgan fingerprint density at radius 2 is 2.06 bits per heavy atom. The van der Waals surface area contributed by atoms with Gasteiger partial charge in [0.25, 0.3) is 5.91 Å². The van der Waals surface area contributed by atoms with Gasteiger partial charge in [-0.25, -0.2) is 0 Å². The predicted molar refractivity (Wildman–Crippen MR) is 122 cm³/mol. The predicted octanol–water partition coefficient (Wildman–Crippen LogP) is 2.74.